The highest BCUT2D eigenvalue weighted by atomic mass is 35.5. The van der Waals surface area contributed by atoms with Crippen LogP contribution in [0.2, 0.25) is 5.02 Å². The number of amides is 2. The number of aryl methyl sites for hydroxylation is 2. The summed E-state index contributed by atoms with van der Waals surface area (Å²) in [5, 5.41) is 3.30. The van der Waals surface area contributed by atoms with Crippen molar-refractivity contribution in [3.63, 3.8) is 0 Å². The molecule has 0 bridgehead atoms. The quantitative estimate of drug-likeness (QED) is 0.923. The molecule has 4 nitrogen and oxygen atoms in total. The van der Waals surface area contributed by atoms with Gasteiger partial charge < -0.3 is 10.2 Å². The molecule has 0 radical (unpaired) electrons. The highest BCUT2D eigenvalue weighted by molar-refractivity contribution is 6.30. The predicted octanol–water partition coefficient (Wildman–Crippen LogP) is 3.54. The van der Waals surface area contributed by atoms with E-state index in [2.05, 4.69) is 5.32 Å². The Morgan fingerprint density at radius 1 is 1.12 bits per heavy atom. The molecule has 0 heterocycles. The van der Waals surface area contributed by atoms with E-state index in [9.17, 15) is 9.59 Å². The Bertz CT molecular complexity index is 789. The Morgan fingerprint density at radius 2 is 1.92 bits per heavy atom. The van der Waals surface area contributed by atoms with Crippen molar-refractivity contribution >= 4 is 29.1 Å². The van der Waals surface area contributed by atoms with Crippen molar-refractivity contribution < 1.29 is 9.59 Å². The number of carbonyl (C=O) groups excluding carboxylic acids is 2. The average molecular weight is 343 g/mol. The van der Waals surface area contributed by atoms with Gasteiger partial charge in [-0.1, -0.05) is 23.7 Å². The Balaban J connectivity index is 1.62. The summed E-state index contributed by atoms with van der Waals surface area (Å²) in [6.07, 6.45) is 3.25. The zero-order chi connectivity index (χ0) is 17.1. The molecular weight excluding hydrogens is 324 g/mol. The van der Waals surface area contributed by atoms with Crippen molar-refractivity contribution in [3.8, 4) is 0 Å². The van der Waals surface area contributed by atoms with Crippen LogP contribution in [0.15, 0.2) is 42.5 Å². The minimum atomic E-state index is -0.255. The van der Waals surface area contributed by atoms with E-state index in [4.69, 9.17) is 11.6 Å². The fourth-order valence-electron chi connectivity index (χ4n) is 2.98. The van der Waals surface area contributed by atoms with Gasteiger partial charge in [-0.3, -0.25) is 9.59 Å². The van der Waals surface area contributed by atoms with E-state index in [0.29, 0.717) is 16.3 Å². The van der Waals surface area contributed by atoms with Crippen molar-refractivity contribution in [2.45, 2.75) is 19.3 Å². The Kier molecular flexibility index (Phi) is 4.86. The number of halogens is 1. The van der Waals surface area contributed by atoms with E-state index >= 15 is 0 Å². The molecule has 0 unspecified atom stereocenters. The fraction of sp³-hybridized carbons (Fsp3) is 0.263. The van der Waals surface area contributed by atoms with E-state index in [-0.39, 0.29) is 18.4 Å². The van der Waals surface area contributed by atoms with Crippen LogP contribution in [0.4, 0.5) is 5.69 Å². The maximum Gasteiger partial charge on any atom is 0.254 e. The summed E-state index contributed by atoms with van der Waals surface area (Å²) >= 11 is 5.90. The van der Waals surface area contributed by atoms with Gasteiger partial charge in [0.25, 0.3) is 5.91 Å². The van der Waals surface area contributed by atoms with Crippen LogP contribution >= 0.6 is 11.6 Å². The molecule has 5 heteroatoms. The molecule has 0 saturated heterocycles. The number of hydrogen-bond donors (Lipinski definition) is 1. The first-order chi connectivity index (χ1) is 11.5. The van der Waals surface area contributed by atoms with Crippen LogP contribution in [0.25, 0.3) is 0 Å². The van der Waals surface area contributed by atoms with Crippen LogP contribution in [0.3, 0.4) is 0 Å². The van der Waals surface area contributed by atoms with E-state index in [0.717, 1.165) is 19.3 Å². The molecular formula is C19H19ClN2O2. The van der Waals surface area contributed by atoms with Gasteiger partial charge in [0.05, 0.1) is 6.54 Å². The number of hydrogen-bond acceptors (Lipinski definition) is 2. The third kappa shape index (κ3) is 3.77. The first-order valence-electron chi connectivity index (χ1n) is 7.95. The molecule has 0 aromatic heterocycles. The largest absolute Gasteiger partial charge is 0.332 e. The van der Waals surface area contributed by atoms with Gasteiger partial charge in [0.1, 0.15) is 0 Å². The van der Waals surface area contributed by atoms with E-state index < -0.39 is 0 Å². The summed E-state index contributed by atoms with van der Waals surface area (Å²) in [5.41, 5.74) is 3.82. The topological polar surface area (TPSA) is 49.4 Å². The highest BCUT2D eigenvalue weighted by Crippen LogP contribution is 2.23. The third-order valence-corrected chi connectivity index (χ3v) is 4.42. The summed E-state index contributed by atoms with van der Waals surface area (Å²) in [5.74, 6) is -0.403. The molecule has 0 spiro atoms. The van der Waals surface area contributed by atoms with Crippen LogP contribution < -0.4 is 5.32 Å². The first kappa shape index (κ1) is 16.5. The molecule has 3 rings (SSSR count). The lowest BCUT2D eigenvalue weighted by Crippen LogP contribution is -2.35. The summed E-state index contributed by atoms with van der Waals surface area (Å²) in [6, 6.07) is 12.7. The number of benzene rings is 2. The normalized spacial score (nSPS) is 12.6. The van der Waals surface area contributed by atoms with Gasteiger partial charge >= 0.3 is 0 Å². The second kappa shape index (κ2) is 7.05. The SMILES string of the molecule is CN(CC(=O)Nc1cccc(Cl)c1)C(=O)c1ccc2c(c1)CCC2. The van der Waals surface area contributed by atoms with Gasteiger partial charge in [-0.05, 0) is 60.7 Å². The van der Waals surface area contributed by atoms with Crippen LogP contribution in [0.5, 0.6) is 0 Å². The smallest absolute Gasteiger partial charge is 0.254 e. The van der Waals surface area contributed by atoms with Crippen LogP contribution in [0, 0.1) is 0 Å². The molecule has 1 aliphatic carbocycles. The minimum absolute atomic E-state index is 0.0115. The van der Waals surface area contributed by atoms with Crippen molar-refractivity contribution in [1.82, 2.24) is 4.90 Å². The monoisotopic (exact) mass is 342 g/mol. The van der Waals surface area contributed by atoms with Gasteiger partial charge in [-0.25, -0.2) is 0 Å². The third-order valence-electron chi connectivity index (χ3n) is 4.18. The maximum atomic E-state index is 12.5. The zero-order valence-corrected chi connectivity index (χ0v) is 14.3. The van der Waals surface area contributed by atoms with Crippen LogP contribution in [0.1, 0.15) is 27.9 Å². The number of anilines is 1. The van der Waals surface area contributed by atoms with Crippen molar-refractivity contribution in [3.05, 3.63) is 64.2 Å². The van der Waals surface area contributed by atoms with Crippen LogP contribution in [-0.2, 0) is 17.6 Å². The second-order valence-corrected chi connectivity index (χ2v) is 6.49. The Labute approximate surface area is 146 Å². The number of fused-ring (bicyclic) bond motifs is 1. The average Bonchev–Trinajstić information content (AvgIpc) is 3.01. The van der Waals surface area contributed by atoms with Crippen molar-refractivity contribution in [1.29, 1.82) is 0 Å². The second-order valence-electron chi connectivity index (χ2n) is 6.06. The molecule has 0 saturated carbocycles. The molecule has 24 heavy (non-hydrogen) atoms. The lowest BCUT2D eigenvalue weighted by Gasteiger charge is -2.17. The molecule has 1 N–H and O–H groups in total. The number of rotatable bonds is 4. The number of nitrogens with zero attached hydrogens (tertiary/aromatic N) is 1. The van der Waals surface area contributed by atoms with Crippen molar-refractivity contribution in [2.75, 3.05) is 18.9 Å². The minimum Gasteiger partial charge on any atom is -0.332 e. The molecule has 1 aliphatic rings. The predicted molar refractivity (Wildman–Crippen MR) is 95.5 cm³/mol. The van der Waals surface area contributed by atoms with Gasteiger partial charge in [-0.2, -0.15) is 0 Å². The molecule has 0 atom stereocenters. The number of carbonyl (C=O) groups is 2. The summed E-state index contributed by atoms with van der Waals surface area (Å²) in [4.78, 5) is 26.0. The lowest BCUT2D eigenvalue weighted by molar-refractivity contribution is -0.116. The summed E-state index contributed by atoms with van der Waals surface area (Å²) < 4.78 is 0. The maximum absolute atomic E-state index is 12.5. The molecule has 2 aromatic carbocycles. The summed E-state index contributed by atoms with van der Waals surface area (Å²) in [6.45, 7) is -0.0115. The Hall–Kier alpha value is -2.33. The van der Waals surface area contributed by atoms with E-state index in [1.807, 2.05) is 18.2 Å². The Morgan fingerprint density at radius 3 is 2.71 bits per heavy atom. The van der Waals surface area contributed by atoms with E-state index in [1.54, 1.807) is 31.3 Å². The molecule has 0 aliphatic heterocycles. The van der Waals surface area contributed by atoms with Crippen molar-refractivity contribution in [2.24, 2.45) is 0 Å². The van der Waals surface area contributed by atoms with Gasteiger partial charge in [0.15, 0.2) is 0 Å². The van der Waals surface area contributed by atoms with Gasteiger partial charge in [0.2, 0.25) is 5.91 Å². The zero-order valence-electron chi connectivity index (χ0n) is 13.5. The van der Waals surface area contributed by atoms with Gasteiger partial charge in [0, 0.05) is 23.3 Å². The molecule has 124 valence electrons. The number of likely N-dealkylation sites (N-methyl/N-ethyl adjacent to an activating group) is 1. The highest BCUT2D eigenvalue weighted by Gasteiger charge is 2.18. The lowest BCUT2D eigenvalue weighted by atomic mass is 10.1. The van der Waals surface area contributed by atoms with Gasteiger partial charge in [-0.15, -0.1) is 0 Å². The van der Waals surface area contributed by atoms with Crippen LogP contribution in [-0.4, -0.2) is 30.3 Å². The molecule has 2 aromatic rings. The molecule has 2 amide bonds. The standard InChI is InChI=1S/C19H19ClN2O2/c1-22(12-18(23)21-17-7-3-6-16(20)11-17)19(24)15-9-8-13-4-2-5-14(13)10-15/h3,6-11H,2,4-5,12H2,1H3,(H,21,23). The first-order valence-corrected chi connectivity index (χ1v) is 8.33. The van der Waals surface area contributed by atoms with E-state index in [1.165, 1.54) is 16.0 Å². The summed E-state index contributed by atoms with van der Waals surface area (Å²) in [7, 11) is 1.63. The fourth-order valence-corrected chi connectivity index (χ4v) is 3.17. The number of nitrogens with one attached hydrogen (secondary N) is 1. The molecule has 0 fully saturated rings.